The number of rotatable bonds is 4. The first-order valence-electron chi connectivity index (χ1n) is 4.55. The molecule has 0 aliphatic heterocycles. The Morgan fingerprint density at radius 1 is 1.69 bits per heavy atom. The fraction of sp³-hybridized carbons (Fsp3) is 0.444. The number of hydrogen-bond acceptors (Lipinski definition) is 4. The maximum atomic E-state index is 11.1. The Labute approximate surface area is 107 Å². The molecule has 5 nitrogen and oxygen atoms in total. The van der Waals surface area contributed by atoms with Gasteiger partial charge in [-0.2, -0.15) is 4.98 Å². The van der Waals surface area contributed by atoms with Crippen LogP contribution in [0.1, 0.15) is 13.8 Å². The molecule has 1 amide bonds. The molecule has 0 spiro atoms. The molecule has 7 heteroatoms. The van der Waals surface area contributed by atoms with E-state index in [4.69, 9.17) is 17.3 Å². The fourth-order valence-electron chi connectivity index (χ4n) is 0.861. The standard InChI is InChI=1S/C9H12BrClN4O/c1-9(2,7(12)16)4-14-6-5(10)3-13-8(11)15-6/h3H,4H2,1-2H3,(H2,12,16)(H,13,14,15). The molecule has 0 aromatic carbocycles. The maximum Gasteiger partial charge on any atom is 0.224 e. The normalized spacial score (nSPS) is 11.2. The topological polar surface area (TPSA) is 80.9 Å². The van der Waals surface area contributed by atoms with Crippen LogP contribution in [0.15, 0.2) is 10.7 Å². The van der Waals surface area contributed by atoms with Crippen LogP contribution in [-0.2, 0) is 4.79 Å². The minimum absolute atomic E-state index is 0.141. The Balaban J connectivity index is 2.75. The van der Waals surface area contributed by atoms with Crippen molar-refractivity contribution in [3.63, 3.8) is 0 Å². The van der Waals surface area contributed by atoms with Crippen molar-refractivity contribution in [3.05, 3.63) is 16.0 Å². The van der Waals surface area contributed by atoms with Crippen molar-refractivity contribution < 1.29 is 4.79 Å². The van der Waals surface area contributed by atoms with Gasteiger partial charge in [0, 0.05) is 12.7 Å². The lowest BCUT2D eigenvalue weighted by Gasteiger charge is -2.21. The van der Waals surface area contributed by atoms with Crippen LogP contribution in [-0.4, -0.2) is 22.4 Å². The van der Waals surface area contributed by atoms with E-state index in [1.807, 2.05) is 0 Å². The summed E-state index contributed by atoms with van der Waals surface area (Å²) in [5.41, 5.74) is 4.60. The predicted molar refractivity (Wildman–Crippen MR) is 66.2 cm³/mol. The number of primary amides is 1. The largest absolute Gasteiger partial charge is 0.369 e. The van der Waals surface area contributed by atoms with Gasteiger partial charge in [0.2, 0.25) is 11.2 Å². The Kier molecular flexibility index (Phi) is 4.09. The summed E-state index contributed by atoms with van der Waals surface area (Å²) >= 11 is 8.93. The van der Waals surface area contributed by atoms with Gasteiger partial charge < -0.3 is 11.1 Å². The van der Waals surface area contributed by atoms with Crippen LogP contribution in [0.4, 0.5) is 5.82 Å². The number of aromatic nitrogens is 2. The Bertz CT molecular complexity index is 410. The van der Waals surface area contributed by atoms with Crippen molar-refractivity contribution in [2.75, 3.05) is 11.9 Å². The molecule has 0 atom stereocenters. The first kappa shape index (κ1) is 13.2. The summed E-state index contributed by atoms with van der Waals surface area (Å²) in [5.74, 6) is 0.158. The quantitative estimate of drug-likeness (QED) is 0.831. The number of nitrogens with two attached hydrogens (primary N) is 1. The molecule has 0 unspecified atom stereocenters. The number of hydrogen-bond donors (Lipinski definition) is 2. The third-order valence-corrected chi connectivity index (χ3v) is 2.84. The van der Waals surface area contributed by atoms with Gasteiger partial charge in [-0.3, -0.25) is 4.79 Å². The van der Waals surface area contributed by atoms with E-state index < -0.39 is 5.41 Å². The highest BCUT2D eigenvalue weighted by Crippen LogP contribution is 2.22. The molecule has 0 aliphatic rings. The summed E-state index contributed by atoms with van der Waals surface area (Å²) in [6, 6.07) is 0. The van der Waals surface area contributed by atoms with Crippen LogP contribution in [0.2, 0.25) is 5.28 Å². The van der Waals surface area contributed by atoms with Gasteiger partial charge in [-0.05, 0) is 41.4 Å². The van der Waals surface area contributed by atoms with E-state index in [0.717, 1.165) is 0 Å². The predicted octanol–water partition coefficient (Wildman–Crippen LogP) is 1.82. The Morgan fingerprint density at radius 3 is 2.88 bits per heavy atom. The van der Waals surface area contributed by atoms with Gasteiger partial charge >= 0.3 is 0 Å². The second-order valence-corrected chi connectivity index (χ2v) is 5.13. The van der Waals surface area contributed by atoms with Crippen molar-refractivity contribution in [2.24, 2.45) is 11.1 Å². The zero-order chi connectivity index (χ0) is 12.3. The minimum atomic E-state index is -0.656. The summed E-state index contributed by atoms with van der Waals surface area (Å²) in [5, 5.41) is 3.13. The van der Waals surface area contributed by atoms with Crippen molar-refractivity contribution in [3.8, 4) is 0 Å². The van der Waals surface area contributed by atoms with Gasteiger partial charge in [-0.15, -0.1) is 0 Å². The monoisotopic (exact) mass is 306 g/mol. The molecule has 1 heterocycles. The molecule has 0 aliphatic carbocycles. The zero-order valence-electron chi connectivity index (χ0n) is 8.92. The van der Waals surface area contributed by atoms with E-state index in [-0.39, 0.29) is 11.2 Å². The van der Waals surface area contributed by atoms with Crippen LogP contribution in [0.5, 0.6) is 0 Å². The SMILES string of the molecule is CC(C)(CNc1nc(Cl)ncc1Br)C(N)=O. The minimum Gasteiger partial charge on any atom is -0.369 e. The van der Waals surface area contributed by atoms with Crippen LogP contribution in [0.3, 0.4) is 0 Å². The summed E-state index contributed by atoms with van der Waals surface area (Å²) in [6.45, 7) is 3.87. The highest BCUT2D eigenvalue weighted by molar-refractivity contribution is 9.10. The van der Waals surface area contributed by atoms with Gasteiger partial charge in [0.05, 0.1) is 9.89 Å². The molecule has 88 valence electrons. The first-order chi connectivity index (χ1) is 7.33. The average Bonchev–Trinajstić information content (AvgIpc) is 2.19. The highest BCUT2D eigenvalue weighted by Gasteiger charge is 2.25. The molecule has 0 saturated carbocycles. The number of carbonyl (C=O) groups excluding carboxylic acids is 1. The molecule has 0 saturated heterocycles. The van der Waals surface area contributed by atoms with Crippen molar-refractivity contribution in [2.45, 2.75) is 13.8 Å². The molecular weight excluding hydrogens is 295 g/mol. The van der Waals surface area contributed by atoms with Crippen LogP contribution in [0, 0.1) is 5.41 Å². The molecule has 0 bridgehead atoms. The van der Waals surface area contributed by atoms with E-state index in [2.05, 4.69) is 31.2 Å². The average molecular weight is 308 g/mol. The Morgan fingerprint density at radius 2 is 2.31 bits per heavy atom. The smallest absolute Gasteiger partial charge is 0.224 e. The second kappa shape index (κ2) is 4.97. The summed E-state index contributed by atoms with van der Waals surface area (Å²) in [6.07, 6.45) is 1.54. The van der Waals surface area contributed by atoms with Crippen molar-refractivity contribution in [1.29, 1.82) is 0 Å². The van der Waals surface area contributed by atoms with Gasteiger partial charge in [0.15, 0.2) is 0 Å². The van der Waals surface area contributed by atoms with Gasteiger partial charge in [0.1, 0.15) is 5.82 Å². The van der Waals surface area contributed by atoms with Gasteiger partial charge in [-0.25, -0.2) is 4.98 Å². The zero-order valence-corrected chi connectivity index (χ0v) is 11.3. The van der Waals surface area contributed by atoms with Gasteiger partial charge in [-0.1, -0.05) is 0 Å². The lowest BCUT2D eigenvalue weighted by atomic mass is 9.93. The molecule has 3 N–H and O–H groups in total. The summed E-state index contributed by atoms with van der Waals surface area (Å²) in [4.78, 5) is 18.9. The number of amides is 1. The Hall–Kier alpha value is -0.880. The molecular formula is C9H12BrClN4O. The third kappa shape index (κ3) is 3.31. The van der Waals surface area contributed by atoms with Crippen LogP contribution < -0.4 is 11.1 Å². The number of nitrogens with one attached hydrogen (secondary N) is 1. The first-order valence-corrected chi connectivity index (χ1v) is 5.72. The van der Waals surface area contributed by atoms with Gasteiger partial charge in [0.25, 0.3) is 0 Å². The molecule has 1 aromatic heterocycles. The summed E-state index contributed by atoms with van der Waals surface area (Å²) in [7, 11) is 0. The molecule has 1 aromatic rings. The lowest BCUT2D eigenvalue weighted by molar-refractivity contribution is -0.125. The summed E-state index contributed by atoms with van der Waals surface area (Å²) < 4.78 is 0.678. The number of halogens is 2. The molecule has 0 radical (unpaired) electrons. The van der Waals surface area contributed by atoms with Crippen LogP contribution >= 0.6 is 27.5 Å². The van der Waals surface area contributed by atoms with E-state index in [0.29, 0.717) is 16.8 Å². The number of nitrogens with zero attached hydrogens (tertiary/aromatic N) is 2. The molecule has 16 heavy (non-hydrogen) atoms. The fourth-order valence-corrected chi connectivity index (χ4v) is 1.33. The third-order valence-electron chi connectivity index (χ3n) is 2.08. The maximum absolute atomic E-state index is 11.1. The van der Waals surface area contributed by atoms with E-state index in [1.54, 1.807) is 13.8 Å². The molecule has 1 rings (SSSR count). The molecule has 0 fully saturated rings. The highest BCUT2D eigenvalue weighted by atomic mass is 79.9. The second-order valence-electron chi connectivity index (χ2n) is 3.94. The van der Waals surface area contributed by atoms with E-state index in [9.17, 15) is 4.79 Å². The number of anilines is 1. The van der Waals surface area contributed by atoms with E-state index in [1.165, 1.54) is 6.20 Å². The van der Waals surface area contributed by atoms with Crippen molar-refractivity contribution >= 4 is 39.3 Å². The van der Waals surface area contributed by atoms with E-state index >= 15 is 0 Å². The van der Waals surface area contributed by atoms with Crippen molar-refractivity contribution in [1.82, 2.24) is 9.97 Å². The van der Waals surface area contributed by atoms with Crippen LogP contribution in [0.25, 0.3) is 0 Å². The number of carbonyl (C=O) groups is 1. The lowest BCUT2D eigenvalue weighted by Crippen LogP contribution is -2.37.